The minimum Gasteiger partial charge on any atom is -0.445 e. The maximum atomic E-state index is 12.4. The maximum absolute atomic E-state index is 12.4. The van der Waals surface area contributed by atoms with E-state index in [2.05, 4.69) is 0 Å². The predicted molar refractivity (Wildman–Crippen MR) is 50.2 cm³/mol. The molecule has 0 saturated heterocycles. The van der Waals surface area contributed by atoms with E-state index in [0.29, 0.717) is 12.1 Å². The number of hydrogen-bond acceptors (Lipinski definition) is 0. The molecule has 0 saturated carbocycles. The summed E-state index contributed by atoms with van der Waals surface area (Å²) in [6.07, 6.45) is -4.95. The van der Waals surface area contributed by atoms with Crippen molar-refractivity contribution in [1.82, 2.24) is 0 Å². The summed E-state index contributed by atoms with van der Waals surface area (Å²) in [6, 6.07) is 0.941. The highest BCUT2D eigenvalue weighted by molar-refractivity contribution is 6.78. The molecule has 0 nitrogen and oxygen atoms in total. The van der Waals surface area contributed by atoms with Gasteiger partial charge in [0.1, 0.15) is 0 Å². The smallest absolute Gasteiger partial charge is 0.445 e. The molecule has 9 heteroatoms. The van der Waals surface area contributed by atoms with Crippen molar-refractivity contribution in [1.29, 1.82) is 0 Å². The molecule has 0 aromatic heterocycles. The molecule has 0 unspecified atom stereocenters. The average Bonchev–Trinajstić information content (AvgIpc) is 1.97. The van der Waals surface area contributed by atoms with Gasteiger partial charge in [-0.3, -0.25) is 0 Å². The summed E-state index contributed by atoms with van der Waals surface area (Å²) in [5.41, 5.74) is -3.16. The lowest BCUT2D eigenvalue weighted by molar-refractivity contribution is -0.137. The fraction of sp³-hybridized carbons (Fsp3) is 0.143. The van der Waals surface area contributed by atoms with E-state index in [1.165, 1.54) is 0 Å². The summed E-state index contributed by atoms with van der Waals surface area (Å²) >= 11 is 10.3. The number of benzene rings is 1. The summed E-state index contributed by atoms with van der Waals surface area (Å²) in [5.74, 6) is 0. The Morgan fingerprint density at radius 3 is 1.88 bits per heavy atom. The maximum Gasteiger partial charge on any atom is 0.512 e. The highest BCUT2D eigenvalue weighted by Crippen LogP contribution is 2.36. The van der Waals surface area contributed by atoms with Gasteiger partial charge in [0, 0.05) is 10.0 Å². The largest absolute Gasteiger partial charge is 0.512 e. The third-order valence-electron chi connectivity index (χ3n) is 1.76. The second-order valence-electron chi connectivity index (χ2n) is 2.90. The minimum absolute atomic E-state index is 0.413. The lowest BCUT2D eigenvalue weighted by Crippen LogP contribution is -2.37. The van der Waals surface area contributed by atoms with Crippen molar-refractivity contribution in [2.24, 2.45) is 0 Å². The van der Waals surface area contributed by atoms with Crippen molar-refractivity contribution < 1.29 is 26.1 Å². The zero-order valence-electron chi connectivity index (χ0n) is 7.26. The highest BCUT2D eigenvalue weighted by Gasteiger charge is 2.38. The summed E-state index contributed by atoms with van der Waals surface area (Å²) in [5, 5.41) is -2.25. The van der Waals surface area contributed by atoms with Crippen LogP contribution < -0.4 is 5.46 Å². The fourth-order valence-corrected chi connectivity index (χ4v) is 1.81. The van der Waals surface area contributed by atoms with Crippen molar-refractivity contribution in [3.05, 3.63) is 27.7 Å². The molecule has 0 aliphatic heterocycles. The third-order valence-corrected chi connectivity index (χ3v) is 2.50. The molecule has 0 atom stereocenters. The second kappa shape index (κ2) is 4.03. The van der Waals surface area contributed by atoms with Crippen molar-refractivity contribution >= 4 is 35.6 Å². The van der Waals surface area contributed by atoms with Crippen LogP contribution in [0.5, 0.6) is 0 Å². The molecule has 0 spiro atoms. The normalized spacial score (nSPS) is 13.0. The van der Waals surface area contributed by atoms with Crippen LogP contribution in [0.1, 0.15) is 5.56 Å². The number of rotatable bonds is 1. The first-order valence-corrected chi connectivity index (χ1v) is 4.55. The van der Waals surface area contributed by atoms with Crippen LogP contribution in [0.4, 0.5) is 26.1 Å². The molecule has 1 aromatic rings. The highest BCUT2D eigenvalue weighted by atomic mass is 35.5. The van der Waals surface area contributed by atoms with E-state index in [4.69, 9.17) is 23.2 Å². The van der Waals surface area contributed by atoms with Crippen LogP contribution in [0.2, 0.25) is 10.0 Å². The van der Waals surface area contributed by atoms with Crippen molar-refractivity contribution in [2.45, 2.75) is 6.18 Å². The molecule has 90 valence electrons. The van der Waals surface area contributed by atoms with Gasteiger partial charge in [-0.1, -0.05) is 28.7 Å². The molecule has 0 heterocycles. The van der Waals surface area contributed by atoms with E-state index in [0.717, 1.165) is 0 Å². The fourth-order valence-electron chi connectivity index (χ4n) is 1.09. The van der Waals surface area contributed by atoms with E-state index in [9.17, 15) is 26.1 Å². The van der Waals surface area contributed by atoms with E-state index in [-0.39, 0.29) is 0 Å². The first-order chi connectivity index (χ1) is 7.05. The molecule has 0 N–H and O–H groups in total. The van der Waals surface area contributed by atoms with E-state index in [1.54, 1.807) is 0 Å². The van der Waals surface area contributed by atoms with Gasteiger partial charge >= 0.3 is 13.2 Å². The molecule has 1 aromatic carbocycles. The van der Waals surface area contributed by atoms with Crippen LogP contribution in [-0.4, -0.2) is 6.98 Å². The summed E-state index contributed by atoms with van der Waals surface area (Å²) in [4.78, 5) is 0. The topological polar surface area (TPSA) is 0 Å². The van der Waals surface area contributed by atoms with Gasteiger partial charge in [-0.2, -0.15) is 13.2 Å². The van der Waals surface area contributed by atoms with E-state index >= 15 is 0 Å². The molecule has 0 amide bonds. The minimum atomic E-state index is -5.69. The summed E-state index contributed by atoms with van der Waals surface area (Å²) in [6.45, 7) is -5.69. The Morgan fingerprint density at radius 2 is 1.50 bits per heavy atom. The van der Waals surface area contributed by atoms with Crippen molar-refractivity contribution in [2.75, 3.05) is 0 Å². The molecule has 0 fully saturated rings. The Bertz CT molecular complexity index is 411. The third kappa shape index (κ3) is 2.57. The standard InChI is InChI=1S/C7H2BCl2F6/c9-4-2-1-3(7(11,12)13)6(10)5(4)8(14,15)16/h1-2H/q-1. The van der Waals surface area contributed by atoms with Gasteiger partial charge in [0.25, 0.3) is 0 Å². The van der Waals surface area contributed by atoms with Crippen LogP contribution >= 0.6 is 23.2 Å². The number of alkyl halides is 3. The van der Waals surface area contributed by atoms with Crippen LogP contribution in [-0.2, 0) is 6.18 Å². The van der Waals surface area contributed by atoms with Gasteiger partial charge in [0.05, 0.1) is 5.56 Å². The van der Waals surface area contributed by atoms with Gasteiger partial charge in [0.15, 0.2) is 0 Å². The van der Waals surface area contributed by atoms with E-state index in [1.807, 2.05) is 0 Å². The predicted octanol–water partition coefficient (Wildman–Crippen LogP) is 4.07. The Morgan fingerprint density at radius 1 is 1.00 bits per heavy atom. The molecular formula is C7H2BCl2F6-. The zero-order chi connectivity index (χ0) is 12.7. The van der Waals surface area contributed by atoms with Gasteiger partial charge in [-0.25, -0.2) is 0 Å². The first kappa shape index (κ1) is 13.5. The lowest BCUT2D eigenvalue weighted by Gasteiger charge is -2.21. The van der Waals surface area contributed by atoms with Crippen molar-refractivity contribution in [3.63, 3.8) is 0 Å². The molecular weight excluding hydrogens is 280 g/mol. The molecule has 16 heavy (non-hydrogen) atoms. The van der Waals surface area contributed by atoms with Crippen molar-refractivity contribution in [3.8, 4) is 0 Å². The Labute approximate surface area is 96.2 Å². The summed E-state index contributed by atoms with van der Waals surface area (Å²) in [7, 11) is 0. The molecule has 0 bridgehead atoms. The van der Waals surface area contributed by atoms with Gasteiger partial charge in [0.2, 0.25) is 0 Å². The molecule has 0 radical (unpaired) electrons. The Balaban J connectivity index is 3.52. The quantitative estimate of drug-likeness (QED) is 0.538. The Kier molecular flexibility index (Phi) is 3.41. The Hall–Kier alpha value is -0.555. The number of hydrogen-bond donors (Lipinski definition) is 0. The zero-order valence-corrected chi connectivity index (χ0v) is 8.77. The van der Waals surface area contributed by atoms with Gasteiger partial charge in [-0.05, 0) is 12.1 Å². The van der Waals surface area contributed by atoms with Crippen LogP contribution in [0.3, 0.4) is 0 Å². The monoisotopic (exact) mass is 281 g/mol. The van der Waals surface area contributed by atoms with Gasteiger partial charge in [-0.15, -0.1) is 0 Å². The van der Waals surface area contributed by atoms with Gasteiger partial charge < -0.3 is 12.9 Å². The van der Waals surface area contributed by atoms with Crippen LogP contribution in [0.15, 0.2) is 12.1 Å². The summed E-state index contributed by atoms with van der Waals surface area (Å²) < 4.78 is 74.0. The SMILES string of the molecule is F[B-](F)(F)c1c(Cl)ccc(C(F)(F)F)c1Cl. The molecule has 0 aliphatic carbocycles. The lowest BCUT2D eigenvalue weighted by atomic mass is 9.79. The van der Waals surface area contributed by atoms with Crippen LogP contribution in [0.25, 0.3) is 0 Å². The second-order valence-corrected chi connectivity index (χ2v) is 3.68. The van der Waals surface area contributed by atoms with Crippen LogP contribution in [0, 0.1) is 0 Å². The number of halogens is 8. The van der Waals surface area contributed by atoms with E-state index < -0.39 is 34.2 Å². The first-order valence-electron chi connectivity index (χ1n) is 3.80. The molecule has 0 aliphatic rings. The molecule has 1 rings (SSSR count). The average molecular weight is 282 g/mol.